The van der Waals surface area contributed by atoms with E-state index in [1.54, 1.807) is 23.5 Å². The fourth-order valence-corrected chi connectivity index (χ4v) is 3.40. The van der Waals surface area contributed by atoms with Crippen LogP contribution in [0.15, 0.2) is 44.9 Å². The van der Waals surface area contributed by atoms with E-state index in [0.717, 1.165) is 22.2 Å². The lowest BCUT2D eigenvalue weighted by Crippen LogP contribution is -2.28. The Labute approximate surface area is 149 Å². The summed E-state index contributed by atoms with van der Waals surface area (Å²) in [4.78, 5) is 24.7. The molecule has 1 amide bonds. The summed E-state index contributed by atoms with van der Waals surface area (Å²) >= 11 is 1.61. The van der Waals surface area contributed by atoms with Crippen LogP contribution in [0.25, 0.3) is 11.0 Å². The summed E-state index contributed by atoms with van der Waals surface area (Å²) in [6.07, 6.45) is 0.743. The third-order valence-electron chi connectivity index (χ3n) is 3.97. The molecule has 0 unspecified atom stereocenters. The van der Waals surface area contributed by atoms with Crippen LogP contribution in [0.4, 0.5) is 0 Å². The second-order valence-electron chi connectivity index (χ2n) is 5.69. The quantitative estimate of drug-likeness (QED) is 0.687. The summed E-state index contributed by atoms with van der Waals surface area (Å²) in [6.45, 7) is 4.41. The van der Waals surface area contributed by atoms with Crippen molar-refractivity contribution in [3.63, 3.8) is 0 Å². The first kappa shape index (κ1) is 17.2. The number of carbonyl (C=O) groups excluding carboxylic acids is 1. The van der Waals surface area contributed by atoms with Gasteiger partial charge in [0.25, 0.3) is 5.91 Å². The maximum Gasteiger partial charge on any atom is 0.336 e. The summed E-state index contributed by atoms with van der Waals surface area (Å²) in [7, 11) is 0. The van der Waals surface area contributed by atoms with Gasteiger partial charge in [0.1, 0.15) is 11.3 Å². The van der Waals surface area contributed by atoms with E-state index in [1.807, 2.05) is 31.4 Å². The molecule has 1 aromatic carbocycles. The first-order valence-electron chi connectivity index (χ1n) is 8.06. The lowest BCUT2D eigenvalue weighted by Gasteiger charge is -2.09. The Morgan fingerprint density at radius 2 is 2.12 bits per heavy atom. The average Bonchev–Trinajstić information content (AvgIpc) is 3.02. The molecule has 3 rings (SSSR count). The lowest BCUT2D eigenvalue weighted by molar-refractivity contribution is -0.123. The SMILES string of the molecule is CCc1cc(=O)oc2cc(OCC(=O)NCc3sccc3C)ccc12. The largest absolute Gasteiger partial charge is 0.484 e. The topological polar surface area (TPSA) is 68.5 Å². The number of nitrogens with one attached hydrogen (secondary N) is 1. The molecule has 2 aromatic heterocycles. The summed E-state index contributed by atoms with van der Waals surface area (Å²) < 4.78 is 10.7. The van der Waals surface area contributed by atoms with Crippen LogP contribution < -0.4 is 15.7 Å². The summed E-state index contributed by atoms with van der Waals surface area (Å²) in [5.74, 6) is 0.294. The normalized spacial score (nSPS) is 10.8. The highest BCUT2D eigenvalue weighted by atomic mass is 32.1. The zero-order chi connectivity index (χ0) is 17.8. The Kier molecular flexibility index (Phi) is 5.19. The Hall–Kier alpha value is -2.60. The molecule has 0 aliphatic rings. The summed E-state index contributed by atoms with van der Waals surface area (Å²) in [5, 5.41) is 5.72. The molecule has 0 atom stereocenters. The number of rotatable bonds is 6. The molecule has 2 heterocycles. The number of benzene rings is 1. The van der Waals surface area contributed by atoms with Crippen LogP contribution in [0.5, 0.6) is 5.75 Å². The number of thiophene rings is 1. The molecule has 3 aromatic rings. The lowest BCUT2D eigenvalue weighted by atomic mass is 10.1. The highest BCUT2D eigenvalue weighted by Crippen LogP contribution is 2.23. The second-order valence-corrected chi connectivity index (χ2v) is 6.70. The summed E-state index contributed by atoms with van der Waals surface area (Å²) in [5.41, 5.74) is 2.19. The van der Waals surface area contributed by atoms with Gasteiger partial charge in [0.05, 0.1) is 6.54 Å². The van der Waals surface area contributed by atoms with E-state index in [4.69, 9.17) is 9.15 Å². The first-order valence-corrected chi connectivity index (χ1v) is 8.94. The van der Waals surface area contributed by atoms with Gasteiger partial charge in [-0.25, -0.2) is 4.79 Å². The van der Waals surface area contributed by atoms with Crippen molar-refractivity contribution in [2.45, 2.75) is 26.8 Å². The highest BCUT2D eigenvalue weighted by Gasteiger charge is 2.08. The van der Waals surface area contributed by atoms with Crippen molar-refractivity contribution in [3.8, 4) is 5.75 Å². The standard InChI is InChI=1S/C19H19NO4S/c1-3-13-8-19(22)24-16-9-14(4-5-15(13)16)23-11-18(21)20-10-17-12(2)6-7-25-17/h4-9H,3,10-11H2,1-2H3,(H,20,21). The van der Waals surface area contributed by atoms with Crippen LogP contribution in [-0.2, 0) is 17.8 Å². The Bertz CT molecular complexity index is 957. The number of hydrogen-bond donors (Lipinski definition) is 1. The van der Waals surface area contributed by atoms with E-state index < -0.39 is 0 Å². The van der Waals surface area contributed by atoms with Crippen molar-refractivity contribution in [3.05, 3.63) is 62.1 Å². The molecule has 0 radical (unpaired) electrons. The van der Waals surface area contributed by atoms with Crippen molar-refractivity contribution >= 4 is 28.2 Å². The Morgan fingerprint density at radius 1 is 1.28 bits per heavy atom. The molecule has 0 saturated carbocycles. The maximum absolute atomic E-state index is 11.9. The maximum atomic E-state index is 11.9. The van der Waals surface area contributed by atoms with Gasteiger partial charge in [0.15, 0.2) is 6.61 Å². The van der Waals surface area contributed by atoms with Crippen LogP contribution in [0, 0.1) is 6.92 Å². The minimum atomic E-state index is -0.384. The van der Waals surface area contributed by atoms with E-state index in [-0.39, 0.29) is 18.1 Å². The molecule has 0 aliphatic carbocycles. The minimum absolute atomic E-state index is 0.0897. The van der Waals surface area contributed by atoms with Crippen LogP contribution in [0.2, 0.25) is 0 Å². The number of fused-ring (bicyclic) bond motifs is 1. The van der Waals surface area contributed by atoms with Crippen molar-refractivity contribution in [1.82, 2.24) is 5.32 Å². The molecule has 0 fully saturated rings. The molecule has 0 aliphatic heterocycles. The molecule has 1 N–H and O–H groups in total. The first-order chi connectivity index (χ1) is 12.1. The Morgan fingerprint density at radius 3 is 2.84 bits per heavy atom. The van der Waals surface area contributed by atoms with Gasteiger partial charge in [0.2, 0.25) is 0 Å². The number of amides is 1. The molecule has 0 saturated heterocycles. The van der Waals surface area contributed by atoms with Crippen molar-refractivity contribution in [1.29, 1.82) is 0 Å². The van der Waals surface area contributed by atoms with Gasteiger partial charge in [-0.15, -0.1) is 11.3 Å². The number of ether oxygens (including phenoxy) is 1. The minimum Gasteiger partial charge on any atom is -0.484 e. The number of aryl methyl sites for hydroxylation is 2. The van der Waals surface area contributed by atoms with Gasteiger partial charge in [-0.3, -0.25) is 4.79 Å². The zero-order valence-corrected chi connectivity index (χ0v) is 14.9. The average molecular weight is 357 g/mol. The third kappa shape index (κ3) is 4.09. The van der Waals surface area contributed by atoms with Gasteiger partial charge in [-0.05, 0) is 48.1 Å². The van der Waals surface area contributed by atoms with E-state index in [9.17, 15) is 9.59 Å². The molecule has 130 valence electrons. The van der Waals surface area contributed by atoms with Crippen LogP contribution >= 0.6 is 11.3 Å². The number of hydrogen-bond acceptors (Lipinski definition) is 5. The molecular formula is C19H19NO4S. The van der Waals surface area contributed by atoms with Crippen molar-refractivity contribution < 1.29 is 13.9 Å². The third-order valence-corrected chi connectivity index (χ3v) is 4.99. The van der Waals surface area contributed by atoms with Gasteiger partial charge < -0.3 is 14.5 Å². The molecule has 5 nitrogen and oxygen atoms in total. The molecular weight excluding hydrogens is 338 g/mol. The van der Waals surface area contributed by atoms with E-state index >= 15 is 0 Å². The van der Waals surface area contributed by atoms with Crippen LogP contribution in [-0.4, -0.2) is 12.5 Å². The fourth-order valence-electron chi connectivity index (χ4n) is 2.56. The summed E-state index contributed by atoms with van der Waals surface area (Å²) in [6, 6.07) is 8.79. The van der Waals surface area contributed by atoms with Gasteiger partial charge >= 0.3 is 5.63 Å². The zero-order valence-electron chi connectivity index (χ0n) is 14.1. The van der Waals surface area contributed by atoms with Gasteiger partial charge in [-0.1, -0.05) is 6.92 Å². The predicted molar refractivity (Wildman–Crippen MR) is 98.3 cm³/mol. The molecule has 0 spiro atoms. The van der Waals surface area contributed by atoms with E-state index in [0.29, 0.717) is 17.9 Å². The monoisotopic (exact) mass is 357 g/mol. The second kappa shape index (κ2) is 7.53. The van der Waals surface area contributed by atoms with Gasteiger partial charge in [-0.2, -0.15) is 0 Å². The molecule has 6 heteroatoms. The Balaban J connectivity index is 1.64. The highest BCUT2D eigenvalue weighted by molar-refractivity contribution is 7.10. The van der Waals surface area contributed by atoms with Crippen LogP contribution in [0.3, 0.4) is 0 Å². The van der Waals surface area contributed by atoms with Crippen molar-refractivity contribution in [2.75, 3.05) is 6.61 Å². The van der Waals surface area contributed by atoms with E-state index in [2.05, 4.69) is 5.32 Å². The molecule has 25 heavy (non-hydrogen) atoms. The van der Waals surface area contributed by atoms with Gasteiger partial charge in [0, 0.05) is 22.4 Å². The number of carbonyl (C=O) groups is 1. The molecule has 0 bridgehead atoms. The smallest absolute Gasteiger partial charge is 0.336 e. The predicted octanol–water partition coefficient (Wildman–Crippen LogP) is 3.42. The van der Waals surface area contributed by atoms with Crippen LogP contribution in [0.1, 0.15) is 22.9 Å². The fraction of sp³-hybridized carbons (Fsp3) is 0.263. The van der Waals surface area contributed by atoms with E-state index in [1.165, 1.54) is 11.6 Å². The van der Waals surface area contributed by atoms with Crippen molar-refractivity contribution in [2.24, 2.45) is 0 Å².